The Morgan fingerprint density at radius 1 is 0.909 bits per heavy atom. The fourth-order valence-corrected chi connectivity index (χ4v) is 11.4. The molecule has 2 heterocycles. The molecule has 0 bridgehead atoms. The summed E-state index contributed by atoms with van der Waals surface area (Å²) in [5.74, 6) is -0.296. The Bertz CT molecular complexity index is 1790. The number of carbonyl (C=O) groups excluding carboxylic acids is 1. The van der Waals surface area contributed by atoms with Crippen molar-refractivity contribution < 1.29 is 36.8 Å². The fraction of sp³-hybridized carbons (Fsp3) is 0.512. The van der Waals surface area contributed by atoms with Gasteiger partial charge in [0.05, 0.1) is 12.2 Å². The Morgan fingerprint density at radius 2 is 1.53 bits per heavy atom. The lowest BCUT2D eigenvalue weighted by Crippen LogP contribution is -2.65. The molecule has 1 saturated heterocycles. The van der Waals surface area contributed by atoms with Crippen LogP contribution in [-0.4, -0.2) is 53.0 Å². The largest absolute Gasteiger partial charge is 0.493 e. The summed E-state index contributed by atoms with van der Waals surface area (Å²) in [4.78, 5) is 32.6. The second kappa shape index (κ2) is 17.7. The average molecular weight is 780 g/mol. The zero-order chi connectivity index (χ0) is 39.9. The van der Waals surface area contributed by atoms with E-state index in [1.807, 2.05) is 60.7 Å². The first-order valence-corrected chi connectivity index (χ1v) is 21.5. The van der Waals surface area contributed by atoms with Crippen molar-refractivity contribution in [1.29, 1.82) is 0 Å². The molecule has 1 aromatic heterocycles. The molecule has 0 spiro atoms. The highest BCUT2D eigenvalue weighted by Crippen LogP contribution is 2.47. The topological polar surface area (TPSA) is 97.9 Å². The summed E-state index contributed by atoms with van der Waals surface area (Å²) in [6.45, 7) is 12.3. The molecule has 1 amide bonds. The Kier molecular flexibility index (Phi) is 13.5. The number of alkyl halides is 3. The number of likely N-dealkylation sites (tertiary alicyclic amines) is 1. The minimum absolute atomic E-state index is 0.0203. The number of rotatable bonds is 16. The summed E-state index contributed by atoms with van der Waals surface area (Å²) in [6.07, 6.45) is 2.59. The number of halogens is 3. The van der Waals surface area contributed by atoms with Gasteiger partial charge in [-0.2, -0.15) is 18.2 Å². The highest BCUT2D eigenvalue weighted by atomic mass is 28.4. The van der Waals surface area contributed by atoms with Gasteiger partial charge in [-0.25, -0.2) is 4.79 Å². The molecule has 1 fully saturated rings. The molecular formula is C43H56F3N3O5Si. The summed E-state index contributed by atoms with van der Waals surface area (Å²) < 4.78 is 60.1. The highest BCUT2D eigenvalue weighted by Gasteiger charge is 2.51. The zero-order valence-electron chi connectivity index (χ0n) is 33.0. The lowest BCUT2D eigenvalue weighted by molar-refractivity contribution is -0.138. The van der Waals surface area contributed by atoms with Gasteiger partial charge in [0.1, 0.15) is 17.4 Å². The lowest BCUT2D eigenvalue weighted by Gasteiger charge is -2.42. The van der Waals surface area contributed by atoms with Crippen LogP contribution in [-0.2, 0) is 10.9 Å². The van der Waals surface area contributed by atoms with E-state index in [9.17, 15) is 22.8 Å². The zero-order valence-corrected chi connectivity index (χ0v) is 34.0. The molecule has 0 radical (unpaired) electrons. The second-order valence-corrected chi connectivity index (χ2v) is 20.2. The predicted octanol–water partition coefficient (Wildman–Crippen LogP) is 10.1. The van der Waals surface area contributed by atoms with Crippen molar-refractivity contribution >= 4 is 24.8 Å². The summed E-state index contributed by atoms with van der Waals surface area (Å²) in [6, 6.07) is 22.7. The standard InChI is InChI=1S/C43H56F3N3O5Si/c1-7-8-9-10-11-18-29-52-36-24-23-32(30-35(36)43(44,45)46)38-47-39(54-48-38)37-31(26-28-49(37)40(50)53-41(2,3)4)25-27-42(5,6)55(51,33-19-14-12-15-20-33)34-21-16-13-17-22-34/h12-17,19-24,30-31,37,51H,7-11,18,25-29H2,1-6H3/t31-,37-/m0/s1. The smallest absolute Gasteiger partial charge is 0.419 e. The van der Waals surface area contributed by atoms with Crippen LogP contribution in [0.15, 0.2) is 83.4 Å². The van der Waals surface area contributed by atoms with E-state index >= 15 is 0 Å². The van der Waals surface area contributed by atoms with E-state index in [0.717, 1.165) is 48.5 Å². The van der Waals surface area contributed by atoms with Gasteiger partial charge < -0.3 is 18.8 Å². The number of amides is 1. The number of benzene rings is 3. The fourth-order valence-electron chi connectivity index (χ4n) is 7.61. The van der Waals surface area contributed by atoms with Gasteiger partial charge in [0, 0.05) is 12.1 Å². The number of carbonyl (C=O) groups is 1. The maximum atomic E-state index is 14.3. The molecule has 1 N–H and O–H groups in total. The van der Waals surface area contributed by atoms with Crippen LogP contribution >= 0.6 is 0 Å². The molecule has 0 saturated carbocycles. The van der Waals surface area contributed by atoms with Gasteiger partial charge >= 0.3 is 12.3 Å². The molecule has 12 heteroatoms. The summed E-state index contributed by atoms with van der Waals surface area (Å²) in [7, 11) is -3.32. The SMILES string of the molecule is CCCCCCCCOc1ccc(-c2noc([C@@H]3[C@@H](CCC(C)(C)[Si](O)(c4ccccc4)c4ccccc4)CCN3C(=O)OC(C)(C)C)n2)cc1C(F)(F)F. The molecule has 5 rings (SSSR count). The van der Waals surface area contributed by atoms with Crippen molar-refractivity contribution in [3.05, 3.63) is 90.3 Å². The van der Waals surface area contributed by atoms with E-state index in [0.29, 0.717) is 32.2 Å². The molecule has 0 aliphatic carbocycles. The van der Waals surface area contributed by atoms with Crippen LogP contribution in [0.1, 0.15) is 117 Å². The van der Waals surface area contributed by atoms with E-state index in [1.165, 1.54) is 12.1 Å². The van der Waals surface area contributed by atoms with E-state index in [-0.39, 0.29) is 35.6 Å². The number of unbranched alkanes of at least 4 members (excludes halogenated alkanes) is 5. The number of hydrogen-bond acceptors (Lipinski definition) is 7. The van der Waals surface area contributed by atoms with E-state index in [1.54, 1.807) is 25.7 Å². The van der Waals surface area contributed by atoms with Gasteiger partial charge in [0.15, 0.2) is 0 Å². The third-order valence-electron chi connectivity index (χ3n) is 10.6. The third kappa shape index (κ3) is 10.2. The molecule has 55 heavy (non-hydrogen) atoms. The Hall–Kier alpha value is -4.16. The van der Waals surface area contributed by atoms with Crippen molar-refractivity contribution in [3.63, 3.8) is 0 Å². The van der Waals surface area contributed by atoms with E-state index in [2.05, 4.69) is 30.9 Å². The minimum atomic E-state index is -4.67. The van der Waals surface area contributed by atoms with Crippen molar-refractivity contribution in [1.82, 2.24) is 15.0 Å². The Labute approximate surface area is 324 Å². The minimum Gasteiger partial charge on any atom is -0.493 e. The van der Waals surface area contributed by atoms with Crippen LogP contribution in [0.4, 0.5) is 18.0 Å². The van der Waals surface area contributed by atoms with Crippen molar-refractivity contribution in [2.75, 3.05) is 13.2 Å². The Morgan fingerprint density at radius 3 is 2.13 bits per heavy atom. The van der Waals surface area contributed by atoms with Crippen LogP contribution in [0.5, 0.6) is 5.75 Å². The molecular weight excluding hydrogens is 724 g/mol. The Balaban J connectivity index is 1.41. The lowest BCUT2D eigenvalue weighted by atomic mass is 9.91. The molecule has 1 aliphatic heterocycles. The number of hydrogen-bond donors (Lipinski definition) is 1. The predicted molar refractivity (Wildman–Crippen MR) is 211 cm³/mol. The van der Waals surface area contributed by atoms with Gasteiger partial charge in [0.2, 0.25) is 11.7 Å². The number of nitrogens with zero attached hydrogens (tertiary/aromatic N) is 3. The highest BCUT2D eigenvalue weighted by molar-refractivity contribution is 6.98. The van der Waals surface area contributed by atoms with Crippen molar-refractivity contribution in [3.8, 4) is 17.1 Å². The van der Waals surface area contributed by atoms with Crippen LogP contribution in [0.25, 0.3) is 11.4 Å². The summed E-state index contributed by atoms with van der Waals surface area (Å²) >= 11 is 0. The molecule has 0 unspecified atom stereocenters. The first-order valence-electron chi connectivity index (χ1n) is 19.6. The summed E-state index contributed by atoms with van der Waals surface area (Å²) in [5, 5.41) is 5.38. The number of aromatic nitrogens is 2. The van der Waals surface area contributed by atoms with Gasteiger partial charge in [-0.05, 0) is 86.0 Å². The van der Waals surface area contributed by atoms with Gasteiger partial charge in [-0.15, -0.1) is 0 Å². The van der Waals surface area contributed by atoms with Gasteiger partial charge in [-0.1, -0.05) is 119 Å². The van der Waals surface area contributed by atoms with Crippen molar-refractivity contribution in [2.24, 2.45) is 5.92 Å². The number of ether oxygens (including phenoxy) is 2. The average Bonchev–Trinajstić information content (AvgIpc) is 3.81. The molecule has 3 aromatic carbocycles. The maximum Gasteiger partial charge on any atom is 0.419 e. The molecule has 8 nitrogen and oxygen atoms in total. The molecule has 2 atom stereocenters. The molecule has 298 valence electrons. The van der Waals surface area contributed by atoms with Crippen LogP contribution in [0, 0.1) is 5.92 Å². The molecule has 1 aliphatic rings. The first kappa shape index (κ1) is 42.0. The third-order valence-corrected chi connectivity index (χ3v) is 15.2. The summed E-state index contributed by atoms with van der Waals surface area (Å²) in [5.41, 5.74) is -1.55. The van der Waals surface area contributed by atoms with Crippen LogP contribution in [0.3, 0.4) is 0 Å². The van der Waals surface area contributed by atoms with Crippen LogP contribution < -0.4 is 15.1 Å². The normalized spacial score (nSPS) is 16.7. The monoisotopic (exact) mass is 779 g/mol. The van der Waals surface area contributed by atoms with Gasteiger partial charge in [-0.3, -0.25) is 4.90 Å². The van der Waals surface area contributed by atoms with Gasteiger partial charge in [0.25, 0.3) is 8.32 Å². The van der Waals surface area contributed by atoms with Crippen LogP contribution in [0.2, 0.25) is 5.04 Å². The van der Waals surface area contributed by atoms with Crippen molar-refractivity contribution in [2.45, 2.75) is 122 Å². The first-order chi connectivity index (χ1) is 26.0. The quantitative estimate of drug-likeness (QED) is 0.0893. The van der Waals surface area contributed by atoms with E-state index < -0.39 is 42.8 Å². The molecule has 4 aromatic rings. The van der Waals surface area contributed by atoms with E-state index in [4.69, 9.17) is 14.0 Å². The second-order valence-electron chi connectivity index (χ2n) is 16.3. The maximum absolute atomic E-state index is 14.3.